The fraction of sp³-hybridized carbons (Fsp3) is 0.300. The van der Waals surface area contributed by atoms with Crippen LogP contribution in [0.1, 0.15) is 27.6 Å². The van der Waals surface area contributed by atoms with Crippen molar-refractivity contribution in [1.82, 2.24) is 4.90 Å². The molecule has 0 N–H and O–H groups in total. The molecule has 1 saturated heterocycles. The molecule has 3 rings (SSSR count). The molecule has 1 amide bonds. The quantitative estimate of drug-likeness (QED) is 0.771. The summed E-state index contributed by atoms with van der Waals surface area (Å²) in [6.07, 6.45) is 0. The molecule has 0 radical (unpaired) electrons. The molecule has 136 valence electrons. The van der Waals surface area contributed by atoms with Crippen LogP contribution in [-0.4, -0.2) is 49.6 Å². The molecule has 6 heteroatoms. The van der Waals surface area contributed by atoms with E-state index in [4.69, 9.17) is 16.3 Å². The van der Waals surface area contributed by atoms with Gasteiger partial charge in [0.25, 0.3) is 5.91 Å². The predicted molar refractivity (Wildman–Crippen MR) is 102 cm³/mol. The van der Waals surface area contributed by atoms with E-state index in [0.29, 0.717) is 35.8 Å². The lowest BCUT2D eigenvalue weighted by atomic mass is 10.1. The fourth-order valence-electron chi connectivity index (χ4n) is 2.99. The summed E-state index contributed by atoms with van der Waals surface area (Å²) < 4.78 is 5.00. The van der Waals surface area contributed by atoms with E-state index < -0.39 is 0 Å². The Hall–Kier alpha value is -2.53. The minimum Gasteiger partial charge on any atom is -0.462 e. The number of hydrogen-bond acceptors (Lipinski definition) is 4. The van der Waals surface area contributed by atoms with Gasteiger partial charge >= 0.3 is 5.97 Å². The molecule has 0 spiro atoms. The lowest BCUT2D eigenvalue weighted by Crippen LogP contribution is -2.48. The molecule has 0 aliphatic carbocycles. The summed E-state index contributed by atoms with van der Waals surface area (Å²) >= 11 is 5.97. The molecule has 0 unspecified atom stereocenters. The third-order valence-corrected chi connectivity index (χ3v) is 4.62. The SMILES string of the molecule is CCOC(=O)c1ccc(N2CCN(C(=O)c3cccc(Cl)c3)CC2)cc1. The number of nitrogens with zero attached hydrogens (tertiary/aromatic N) is 2. The highest BCUT2D eigenvalue weighted by Gasteiger charge is 2.22. The summed E-state index contributed by atoms with van der Waals surface area (Å²) in [4.78, 5) is 28.3. The first-order chi connectivity index (χ1) is 12.6. The van der Waals surface area contributed by atoms with Crippen molar-refractivity contribution in [3.63, 3.8) is 0 Å². The van der Waals surface area contributed by atoms with Crippen molar-refractivity contribution >= 4 is 29.2 Å². The van der Waals surface area contributed by atoms with Crippen molar-refractivity contribution in [2.45, 2.75) is 6.92 Å². The highest BCUT2D eigenvalue weighted by molar-refractivity contribution is 6.30. The van der Waals surface area contributed by atoms with E-state index in [0.717, 1.165) is 18.8 Å². The maximum atomic E-state index is 12.6. The number of halogens is 1. The van der Waals surface area contributed by atoms with Gasteiger partial charge in [0.2, 0.25) is 0 Å². The number of benzene rings is 2. The van der Waals surface area contributed by atoms with E-state index in [9.17, 15) is 9.59 Å². The second kappa shape index (κ2) is 8.23. The van der Waals surface area contributed by atoms with Crippen LogP contribution in [0.25, 0.3) is 0 Å². The minimum atomic E-state index is -0.309. The van der Waals surface area contributed by atoms with Gasteiger partial charge in [0, 0.05) is 42.5 Å². The van der Waals surface area contributed by atoms with Gasteiger partial charge in [0.15, 0.2) is 0 Å². The van der Waals surface area contributed by atoms with Crippen LogP contribution >= 0.6 is 11.6 Å². The minimum absolute atomic E-state index is 0.00445. The maximum Gasteiger partial charge on any atom is 0.338 e. The number of rotatable bonds is 4. The molecule has 2 aromatic rings. The molecule has 0 aromatic heterocycles. The van der Waals surface area contributed by atoms with Gasteiger partial charge in [-0.1, -0.05) is 17.7 Å². The van der Waals surface area contributed by atoms with E-state index in [2.05, 4.69) is 4.90 Å². The summed E-state index contributed by atoms with van der Waals surface area (Å²) in [7, 11) is 0. The number of esters is 1. The normalized spacial score (nSPS) is 14.2. The highest BCUT2D eigenvalue weighted by Crippen LogP contribution is 2.19. The maximum absolute atomic E-state index is 12.6. The van der Waals surface area contributed by atoms with Crippen molar-refractivity contribution < 1.29 is 14.3 Å². The standard InChI is InChI=1S/C20H21ClN2O3/c1-2-26-20(25)15-6-8-18(9-7-15)22-10-12-23(13-11-22)19(24)16-4-3-5-17(21)14-16/h3-9,14H,2,10-13H2,1H3. The van der Waals surface area contributed by atoms with Crippen LogP contribution in [0.5, 0.6) is 0 Å². The first-order valence-electron chi connectivity index (χ1n) is 8.65. The van der Waals surface area contributed by atoms with E-state index in [1.165, 1.54) is 0 Å². The number of ether oxygens (including phenoxy) is 1. The largest absolute Gasteiger partial charge is 0.462 e. The van der Waals surface area contributed by atoms with Gasteiger partial charge in [-0.2, -0.15) is 0 Å². The van der Waals surface area contributed by atoms with Crippen molar-refractivity contribution in [2.75, 3.05) is 37.7 Å². The summed E-state index contributed by atoms with van der Waals surface area (Å²) in [5.74, 6) is -0.305. The zero-order valence-corrected chi connectivity index (χ0v) is 15.4. The van der Waals surface area contributed by atoms with Crippen LogP contribution in [0.3, 0.4) is 0 Å². The monoisotopic (exact) mass is 372 g/mol. The van der Waals surface area contributed by atoms with Crippen LogP contribution in [0.2, 0.25) is 5.02 Å². The number of piperazine rings is 1. The van der Waals surface area contributed by atoms with Crippen LogP contribution < -0.4 is 4.90 Å². The van der Waals surface area contributed by atoms with E-state index in [-0.39, 0.29) is 11.9 Å². The number of anilines is 1. The molecule has 1 aliphatic heterocycles. The molecule has 0 saturated carbocycles. The number of carbonyl (C=O) groups excluding carboxylic acids is 2. The first-order valence-corrected chi connectivity index (χ1v) is 9.03. The molecule has 5 nitrogen and oxygen atoms in total. The van der Waals surface area contributed by atoms with Gasteiger partial charge in [-0.05, 0) is 49.4 Å². The molecule has 1 aliphatic rings. The zero-order chi connectivity index (χ0) is 18.5. The Morgan fingerprint density at radius 2 is 1.69 bits per heavy atom. The smallest absolute Gasteiger partial charge is 0.338 e. The summed E-state index contributed by atoms with van der Waals surface area (Å²) in [5, 5.41) is 0.566. The lowest BCUT2D eigenvalue weighted by Gasteiger charge is -2.36. The van der Waals surface area contributed by atoms with Gasteiger partial charge in [-0.25, -0.2) is 4.79 Å². The van der Waals surface area contributed by atoms with Gasteiger partial charge in [0.05, 0.1) is 12.2 Å². The Labute approximate surface area is 158 Å². The Bertz CT molecular complexity index is 784. The Morgan fingerprint density at radius 3 is 2.31 bits per heavy atom. The third-order valence-electron chi connectivity index (χ3n) is 4.38. The molecule has 2 aromatic carbocycles. The van der Waals surface area contributed by atoms with Gasteiger partial charge in [0.1, 0.15) is 0 Å². The van der Waals surface area contributed by atoms with E-state index in [1.54, 1.807) is 43.3 Å². The predicted octanol–water partition coefficient (Wildman–Crippen LogP) is 3.48. The Kier molecular flexibility index (Phi) is 5.78. The van der Waals surface area contributed by atoms with Gasteiger partial charge < -0.3 is 14.5 Å². The van der Waals surface area contributed by atoms with Crippen LogP contribution in [0.4, 0.5) is 5.69 Å². The van der Waals surface area contributed by atoms with Crippen molar-refractivity contribution in [2.24, 2.45) is 0 Å². The average molecular weight is 373 g/mol. The molecular weight excluding hydrogens is 352 g/mol. The number of hydrogen-bond donors (Lipinski definition) is 0. The van der Waals surface area contributed by atoms with Crippen LogP contribution in [0.15, 0.2) is 48.5 Å². The van der Waals surface area contributed by atoms with Crippen molar-refractivity contribution in [3.05, 3.63) is 64.7 Å². The van der Waals surface area contributed by atoms with Gasteiger partial charge in [-0.3, -0.25) is 4.79 Å². The van der Waals surface area contributed by atoms with Gasteiger partial charge in [-0.15, -0.1) is 0 Å². The summed E-state index contributed by atoms with van der Waals surface area (Å²) in [6, 6.07) is 14.4. The second-order valence-corrected chi connectivity index (χ2v) is 6.49. The number of amides is 1. The first kappa shape index (κ1) is 18.3. The summed E-state index contributed by atoms with van der Waals surface area (Å²) in [5.41, 5.74) is 2.20. The average Bonchev–Trinajstić information content (AvgIpc) is 2.68. The molecule has 1 heterocycles. The molecule has 0 atom stereocenters. The lowest BCUT2D eigenvalue weighted by molar-refractivity contribution is 0.0526. The van der Waals surface area contributed by atoms with Crippen molar-refractivity contribution in [1.29, 1.82) is 0 Å². The highest BCUT2D eigenvalue weighted by atomic mass is 35.5. The molecule has 1 fully saturated rings. The van der Waals surface area contributed by atoms with E-state index in [1.807, 2.05) is 17.0 Å². The van der Waals surface area contributed by atoms with Crippen LogP contribution in [0, 0.1) is 0 Å². The second-order valence-electron chi connectivity index (χ2n) is 6.06. The topological polar surface area (TPSA) is 49.9 Å². The Balaban J connectivity index is 1.60. The summed E-state index contributed by atoms with van der Waals surface area (Å²) in [6.45, 7) is 4.92. The van der Waals surface area contributed by atoms with Crippen molar-refractivity contribution in [3.8, 4) is 0 Å². The third kappa shape index (κ3) is 4.17. The molecule has 26 heavy (non-hydrogen) atoms. The Morgan fingerprint density at radius 1 is 1.00 bits per heavy atom. The fourth-order valence-corrected chi connectivity index (χ4v) is 3.18. The molecular formula is C20H21ClN2O3. The van der Waals surface area contributed by atoms with Crippen LogP contribution in [-0.2, 0) is 4.74 Å². The van der Waals surface area contributed by atoms with E-state index >= 15 is 0 Å². The zero-order valence-electron chi connectivity index (χ0n) is 14.7. The molecule has 0 bridgehead atoms. The number of carbonyl (C=O) groups is 2.